The molecule has 11 heteroatoms. The summed E-state index contributed by atoms with van der Waals surface area (Å²) < 4.78 is 32.9. The summed E-state index contributed by atoms with van der Waals surface area (Å²) in [6, 6.07) is 7.03. The SMILES string of the molecule is Cc1c(N=Nc2ccccc2S(=O)(=O)O)c(O)n(CCN)c(=O)c1C#N. The number of hydrogen-bond donors (Lipinski definition) is 3. The van der Waals surface area contributed by atoms with Crippen molar-refractivity contribution >= 4 is 21.5 Å². The first-order chi connectivity index (χ1) is 12.2. The third-order valence-electron chi connectivity index (χ3n) is 3.52. The molecule has 1 aromatic carbocycles. The van der Waals surface area contributed by atoms with Crippen LogP contribution in [0.1, 0.15) is 11.1 Å². The smallest absolute Gasteiger partial charge is 0.296 e. The molecule has 0 aliphatic carbocycles. The van der Waals surface area contributed by atoms with E-state index in [1.54, 1.807) is 6.07 Å². The summed E-state index contributed by atoms with van der Waals surface area (Å²) in [4.78, 5) is 11.7. The van der Waals surface area contributed by atoms with Crippen LogP contribution in [0.15, 0.2) is 44.2 Å². The van der Waals surface area contributed by atoms with Gasteiger partial charge in [-0.3, -0.25) is 13.9 Å². The van der Waals surface area contributed by atoms with Crippen LogP contribution in [0.3, 0.4) is 0 Å². The van der Waals surface area contributed by atoms with Crippen LogP contribution >= 0.6 is 0 Å². The maximum atomic E-state index is 12.2. The van der Waals surface area contributed by atoms with Crippen molar-refractivity contribution in [3.8, 4) is 11.9 Å². The van der Waals surface area contributed by atoms with Gasteiger partial charge < -0.3 is 10.8 Å². The number of rotatable bonds is 5. The Hall–Kier alpha value is -3.07. The number of hydrogen-bond acceptors (Lipinski definition) is 8. The van der Waals surface area contributed by atoms with Gasteiger partial charge in [-0.1, -0.05) is 12.1 Å². The number of nitrogens with zero attached hydrogens (tertiary/aromatic N) is 4. The minimum Gasteiger partial charge on any atom is -0.493 e. The molecule has 0 aliphatic rings. The van der Waals surface area contributed by atoms with Crippen LogP contribution in [0.5, 0.6) is 5.88 Å². The monoisotopic (exact) mass is 377 g/mol. The predicted molar refractivity (Wildman–Crippen MR) is 91.3 cm³/mol. The first-order valence-corrected chi connectivity index (χ1v) is 8.71. The van der Waals surface area contributed by atoms with Crippen LogP contribution in [-0.4, -0.2) is 29.2 Å². The number of nitrogens with two attached hydrogens (primary N) is 1. The van der Waals surface area contributed by atoms with Crippen LogP contribution in [0.4, 0.5) is 11.4 Å². The molecule has 136 valence electrons. The number of aromatic nitrogens is 1. The van der Waals surface area contributed by atoms with E-state index < -0.39 is 26.5 Å². The molecule has 4 N–H and O–H groups in total. The maximum Gasteiger partial charge on any atom is 0.296 e. The molecule has 0 radical (unpaired) electrons. The summed E-state index contributed by atoms with van der Waals surface area (Å²) in [6.07, 6.45) is 0. The van der Waals surface area contributed by atoms with Gasteiger partial charge in [0.15, 0.2) is 5.69 Å². The molecule has 0 amide bonds. The molecule has 26 heavy (non-hydrogen) atoms. The highest BCUT2D eigenvalue weighted by Crippen LogP contribution is 2.33. The third kappa shape index (κ3) is 3.62. The van der Waals surface area contributed by atoms with Gasteiger partial charge in [0.05, 0.1) is 0 Å². The summed E-state index contributed by atoms with van der Waals surface area (Å²) >= 11 is 0. The van der Waals surface area contributed by atoms with Gasteiger partial charge in [0.1, 0.15) is 22.2 Å². The molecule has 0 saturated carbocycles. The van der Waals surface area contributed by atoms with Gasteiger partial charge in [-0.25, -0.2) is 0 Å². The lowest BCUT2D eigenvalue weighted by Crippen LogP contribution is -2.26. The van der Waals surface area contributed by atoms with Crippen molar-refractivity contribution in [2.24, 2.45) is 16.0 Å². The van der Waals surface area contributed by atoms with E-state index in [1.165, 1.54) is 25.1 Å². The summed E-state index contributed by atoms with van der Waals surface area (Å²) in [6.45, 7) is 1.38. The number of aromatic hydroxyl groups is 1. The van der Waals surface area contributed by atoms with E-state index in [0.29, 0.717) is 0 Å². The normalized spacial score (nSPS) is 11.6. The quantitative estimate of drug-likeness (QED) is 0.521. The Balaban J connectivity index is 2.69. The zero-order valence-electron chi connectivity index (χ0n) is 13.6. The minimum absolute atomic E-state index is 0.0313. The highest BCUT2D eigenvalue weighted by molar-refractivity contribution is 7.86. The molecule has 2 rings (SSSR count). The van der Waals surface area contributed by atoms with Gasteiger partial charge in [0, 0.05) is 18.7 Å². The molecule has 10 nitrogen and oxygen atoms in total. The van der Waals surface area contributed by atoms with Gasteiger partial charge in [0.2, 0.25) is 5.88 Å². The highest BCUT2D eigenvalue weighted by atomic mass is 32.2. The fraction of sp³-hybridized carbons (Fsp3) is 0.200. The molecule has 0 saturated heterocycles. The van der Waals surface area contributed by atoms with E-state index in [2.05, 4.69) is 10.2 Å². The highest BCUT2D eigenvalue weighted by Gasteiger charge is 2.19. The number of pyridine rings is 1. The van der Waals surface area contributed by atoms with Crippen molar-refractivity contribution in [2.45, 2.75) is 18.4 Å². The Morgan fingerprint density at radius 2 is 1.96 bits per heavy atom. The van der Waals surface area contributed by atoms with Crippen LogP contribution < -0.4 is 11.3 Å². The average Bonchev–Trinajstić information content (AvgIpc) is 2.58. The zero-order valence-corrected chi connectivity index (χ0v) is 14.4. The van der Waals surface area contributed by atoms with E-state index in [-0.39, 0.29) is 35.6 Å². The molecule has 0 bridgehead atoms. The Morgan fingerprint density at radius 1 is 1.31 bits per heavy atom. The largest absolute Gasteiger partial charge is 0.493 e. The maximum absolute atomic E-state index is 12.2. The van der Waals surface area contributed by atoms with E-state index in [1.807, 2.05) is 0 Å². The second kappa shape index (κ2) is 7.44. The van der Waals surface area contributed by atoms with Crippen molar-refractivity contribution in [1.29, 1.82) is 5.26 Å². The molecule has 0 fully saturated rings. The van der Waals surface area contributed by atoms with Crippen LogP contribution in [0, 0.1) is 18.3 Å². The predicted octanol–water partition coefficient (Wildman–Crippen LogP) is 1.35. The third-order valence-corrected chi connectivity index (χ3v) is 4.42. The minimum atomic E-state index is -4.53. The second-order valence-electron chi connectivity index (χ2n) is 5.17. The Labute approximate surface area is 148 Å². The van der Waals surface area contributed by atoms with Gasteiger partial charge in [-0.05, 0) is 19.1 Å². The van der Waals surface area contributed by atoms with Gasteiger partial charge in [0.25, 0.3) is 15.7 Å². The first-order valence-electron chi connectivity index (χ1n) is 7.27. The Morgan fingerprint density at radius 3 is 2.54 bits per heavy atom. The van der Waals surface area contributed by atoms with Crippen LogP contribution in [0.2, 0.25) is 0 Å². The Kier molecular flexibility index (Phi) is 5.51. The number of nitriles is 1. The molecule has 0 spiro atoms. The standard InChI is InChI=1S/C15H15N5O5S/c1-9-10(8-17)14(21)20(7-6-16)15(22)13(9)19-18-11-4-2-3-5-12(11)26(23,24)25/h2-5,22H,6-7,16H2,1H3,(H,23,24,25). The summed E-state index contributed by atoms with van der Waals surface area (Å²) in [5.74, 6) is -0.551. The summed E-state index contributed by atoms with van der Waals surface area (Å²) in [5, 5.41) is 27.0. The van der Waals surface area contributed by atoms with Gasteiger partial charge >= 0.3 is 0 Å². The first kappa shape index (κ1) is 19.3. The van der Waals surface area contributed by atoms with Crippen molar-refractivity contribution in [3.63, 3.8) is 0 Å². The fourth-order valence-corrected chi connectivity index (χ4v) is 2.88. The topological polar surface area (TPSA) is 171 Å². The van der Waals surface area contributed by atoms with Crippen molar-refractivity contribution in [1.82, 2.24) is 4.57 Å². The lowest BCUT2D eigenvalue weighted by molar-refractivity contribution is 0.408. The van der Waals surface area contributed by atoms with E-state index in [9.17, 15) is 28.1 Å². The average molecular weight is 377 g/mol. The molecule has 0 unspecified atom stereocenters. The van der Waals surface area contributed by atoms with Crippen LogP contribution in [-0.2, 0) is 16.7 Å². The molecular weight excluding hydrogens is 362 g/mol. The van der Waals surface area contributed by atoms with Gasteiger partial charge in [-0.2, -0.15) is 13.7 Å². The fourth-order valence-electron chi connectivity index (χ4n) is 2.26. The van der Waals surface area contributed by atoms with Crippen molar-refractivity contribution in [2.75, 3.05) is 6.54 Å². The molecule has 1 heterocycles. The Bertz CT molecular complexity index is 1080. The van der Waals surface area contributed by atoms with E-state index in [4.69, 9.17) is 5.73 Å². The molecule has 0 aliphatic heterocycles. The number of benzene rings is 1. The lowest BCUT2D eigenvalue weighted by Gasteiger charge is -2.12. The molecular formula is C15H15N5O5S. The van der Waals surface area contributed by atoms with Crippen molar-refractivity contribution < 1.29 is 18.1 Å². The second-order valence-corrected chi connectivity index (χ2v) is 6.56. The number of azo groups is 1. The summed E-state index contributed by atoms with van der Waals surface area (Å²) in [7, 11) is -4.53. The molecule has 1 aromatic heterocycles. The molecule has 2 aromatic rings. The molecule has 0 atom stereocenters. The lowest BCUT2D eigenvalue weighted by atomic mass is 10.1. The zero-order chi connectivity index (χ0) is 19.5. The van der Waals surface area contributed by atoms with Crippen LogP contribution in [0.25, 0.3) is 0 Å². The van der Waals surface area contributed by atoms with Crippen molar-refractivity contribution in [3.05, 3.63) is 45.7 Å². The summed E-state index contributed by atoms with van der Waals surface area (Å²) in [5.41, 5.74) is 4.17. The van der Waals surface area contributed by atoms with E-state index >= 15 is 0 Å². The van der Waals surface area contributed by atoms with Gasteiger partial charge in [-0.15, -0.1) is 10.2 Å². The van der Waals surface area contributed by atoms with E-state index in [0.717, 1.165) is 10.6 Å².